The molecule has 13 heavy (non-hydrogen) atoms. The molecule has 1 aliphatic carbocycles. The van der Waals surface area contributed by atoms with Crippen molar-refractivity contribution in [3.63, 3.8) is 0 Å². The van der Waals surface area contributed by atoms with E-state index in [0.717, 1.165) is 0 Å². The van der Waals surface area contributed by atoms with Gasteiger partial charge in [0.2, 0.25) is 0 Å². The van der Waals surface area contributed by atoms with E-state index in [4.69, 9.17) is 9.84 Å². The van der Waals surface area contributed by atoms with Crippen LogP contribution in [-0.2, 0) is 9.53 Å². The first-order valence-electron chi connectivity index (χ1n) is 4.37. The molecule has 0 aliphatic heterocycles. The fourth-order valence-corrected chi connectivity index (χ4v) is 1.26. The van der Waals surface area contributed by atoms with Crippen LogP contribution < -0.4 is 0 Å². The minimum atomic E-state index is -0.843. The lowest BCUT2D eigenvalue weighted by atomic mass is 9.94. The lowest BCUT2D eigenvalue weighted by molar-refractivity contribution is -0.139. The van der Waals surface area contributed by atoms with Crippen LogP contribution in [0, 0.1) is 0 Å². The van der Waals surface area contributed by atoms with Gasteiger partial charge in [-0.15, -0.1) is 0 Å². The molecular formula is C9H14O4. The summed E-state index contributed by atoms with van der Waals surface area (Å²) in [5.74, 6) is -0.395. The van der Waals surface area contributed by atoms with Crippen molar-refractivity contribution >= 4 is 5.97 Å². The molecule has 2 atom stereocenters. The molecule has 1 aliphatic rings. The molecule has 0 amide bonds. The molecule has 0 saturated heterocycles. The summed E-state index contributed by atoms with van der Waals surface area (Å²) in [7, 11) is 0. The summed E-state index contributed by atoms with van der Waals surface area (Å²) in [6, 6.07) is 0. The van der Waals surface area contributed by atoms with Crippen molar-refractivity contribution in [1.82, 2.24) is 0 Å². The predicted octanol–water partition coefficient (Wildman–Crippen LogP) is -0.00850. The second kappa shape index (κ2) is 4.39. The summed E-state index contributed by atoms with van der Waals surface area (Å²) in [6.07, 6.45) is 0.521. The normalized spacial score (nSPS) is 28.1. The quantitative estimate of drug-likeness (QED) is 0.595. The highest BCUT2D eigenvalue weighted by molar-refractivity contribution is 5.88. The number of esters is 1. The third kappa shape index (κ3) is 2.54. The Morgan fingerprint density at radius 3 is 2.85 bits per heavy atom. The predicted molar refractivity (Wildman–Crippen MR) is 46.0 cm³/mol. The molecule has 2 N–H and O–H groups in total. The van der Waals surface area contributed by atoms with Crippen LogP contribution >= 0.6 is 0 Å². The zero-order valence-electron chi connectivity index (χ0n) is 7.56. The second-order valence-corrected chi connectivity index (χ2v) is 3.02. The maximum Gasteiger partial charge on any atom is 0.333 e. The lowest BCUT2D eigenvalue weighted by Gasteiger charge is -2.22. The zero-order chi connectivity index (χ0) is 9.84. The van der Waals surface area contributed by atoms with Crippen LogP contribution in [0.5, 0.6) is 0 Å². The van der Waals surface area contributed by atoms with Crippen molar-refractivity contribution in [2.24, 2.45) is 0 Å². The summed E-state index contributed by atoms with van der Waals surface area (Å²) in [4.78, 5) is 11.2. The number of hydrogen-bond acceptors (Lipinski definition) is 4. The molecule has 0 heterocycles. The van der Waals surface area contributed by atoms with Gasteiger partial charge in [-0.3, -0.25) is 0 Å². The SMILES string of the molecule is CCOC(=O)C1=CC[C@@H](O)[C@H](O)C1. The van der Waals surface area contributed by atoms with Crippen LogP contribution in [0.1, 0.15) is 19.8 Å². The Bertz CT molecular complexity index is 222. The molecule has 4 heteroatoms. The van der Waals surface area contributed by atoms with Gasteiger partial charge in [0.25, 0.3) is 0 Å². The van der Waals surface area contributed by atoms with Crippen LogP contribution in [0.15, 0.2) is 11.6 Å². The number of aliphatic hydroxyl groups excluding tert-OH is 2. The Hall–Kier alpha value is -0.870. The summed E-state index contributed by atoms with van der Waals surface area (Å²) >= 11 is 0. The third-order valence-corrected chi connectivity index (χ3v) is 2.02. The van der Waals surface area contributed by atoms with Crippen molar-refractivity contribution in [3.8, 4) is 0 Å². The molecule has 0 bridgehead atoms. The topological polar surface area (TPSA) is 66.8 Å². The number of carbonyl (C=O) groups is 1. The number of rotatable bonds is 2. The molecule has 0 aromatic rings. The van der Waals surface area contributed by atoms with Gasteiger partial charge in [0, 0.05) is 12.0 Å². The van der Waals surface area contributed by atoms with Gasteiger partial charge in [0.05, 0.1) is 18.8 Å². The fourth-order valence-electron chi connectivity index (χ4n) is 1.26. The number of hydrogen-bond donors (Lipinski definition) is 2. The highest BCUT2D eigenvalue weighted by atomic mass is 16.5. The van der Waals surface area contributed by atoms with Gasteiger partial charge >= 0.3 is 5.97 Å². The Morgan fingerprint density at radius 1 is 1.62 bits per heavy atom. The summed E-state index contributed by atoms with van der Waals surface area (Å²) < 4.78 is 4.76. The average molecular weight is 186 g/mol. The number of aliphatic hydroxyl groups is 2. The van der Waals surface area contributed by atoms with E-state index in [9.17, 15) is 9.90 Å². The van der Waals surface area contributed by atoms with E-state index in [1.165, 1.54) is 0 Å². The number of ether oxygens (including phenoxy) is 1. The molecule has 0 aromatic carbocycles. The Morgan fingerprint density at radius 2 is 2.31 bits per heavy atom. The molecule has 4 nitrogen and oxygen atoms in total. The summed E-state index contributed by atoms with van der Waals surface area (Å²) in [5.41, 5.74) is 0.458. The first kappa shape index (κ1) is 10.2. The van der Waals surface area contributed by atoms with Crippen molar-refractivity contribution in [2.45, 2.75) is 32.0 Å². The van der Waals surface area contributed by atoms with Crippen molar-refractivity contribution in [3.05, 3.63) is 11.6 Å². The van der Waals surface area contributed by atoms with Crippen molar-refractivity contribution < 1.29 is 19.7 Å². The molecule has 0 saturated carbocycles. The monoisotopic (exact) mass is 186 g/mol. The van der Waals surface area contributed by atoms with Gasteiger partial charge in [-0.05, 0) is 13.3 Å². The van der Waals surface area contributed by atoms with E-state index in [1.807, 2.05) is 0 Å². The maximum atomic E-state index is 11.2. The van der Waals surface area contributed by atoms with Gasteiger partial charge in [-0.1, -0.05) is 6.08 Å². The standard InChI is InChI=1S/C9H14O4/c1-2-13-9(12)6-3-4-7(10)8(11)5-6/h3,7-8,10-11H,2,4-5H2,1H3/t7-,8-/m1/s1. The van der Waals surface area contributed by atoms with Gasteiger partial charge in [-0.25, -0.2) is 4.79 Å². The molecule has 0 aromatic heterocycles. The van der Waals surface area contributed by atoms with Gasteiger partial charge in [0.15, 0.2) is 0 Å². The maximum absolute atomic E-state index is 11.2. The first-order chi connectivity index (χ1) is 6.15. The zero-order valence-corrected chi connectivity index (χ0v) is 7.56. The Balaban J connectivity index is 2.57. The highest BCUT2D eigenvalue weighted by Gasteiger charge is 2.25. The van der Waals surface area contributed by atoms with Gasteiger partial charge in [0.1, 0.15) is 0 Å². The highest BCUT2D eigenvalue weighted by Crippen LogP contribution is 2.19. The Labute approximate surface area is 76.8 Å². The first-order valence-corrected chi connectivity index (χ1v) is 4.37. The van der Waals surface area contributed by atoms with E-state index in [1.54, 1.807) is 13.0 Å². The molecule has 0 fully saturated rings. The van der Waals surface area contributed by atoms with Crippen LogP contribution in [0.4, 0.5) is 0 Å². The fraction of sp³-hybridized carbons (Fsp3) is 0.667. The van der Waals surface area contributed by atoms with E-state index >= 15 is 0 Å². The smallest absolute Gasteiger partial charge is 0.333 e. The molecule has 1 rings (SSSR count). The molecule has 0 spiro atoms. The summed E-state index contributed by atoms with van der Waals surface area (Å²) in [6.45, 7) is 2.06. The van der Waals surface area contributed by atoms with Crippen molar-refractivity contribution in [2.75, 3.05) is 6.61 Å². The molecular weight excluding hydrogens is 172 g/mol. The van der Waals surface area contributed by atoms with Crippen LogP contribution in [-0.4, -0.2) is 35.0 Å². The van der Waals surface area contributed by atoms with Gasteiger partial charge in [-0.2, -0.15) is 0 Å². The lowest BCUT2D eigenvalue weighted by Crippen LogP contribution is -2.30. The van der Waals surface area contributed by atoms with E-state index in [-0.39, 0.29) is 6.42 Å². The van der Waals surface area contributed by atoms with Gasteiger partial charge < -0.3 is 14.9 Å². The van der Waals surface area contributed by atoms with E-state index < -0.39 is 18.2 Å². The second-order valence-electron chi connectivity index (χ2n) is 3.02. The Kier molecular flexibility index (Phi) is 3.45. The minimum Gasteiger partial charge on any atom is -0.463 e. The van der Waals surface area contributed by atoms with E-state index in [0.29, 0.717) is 18.6 Å². The van der Waals surface area contributed by atoms with Crippen LogP contribution in [0.3, 0.4) is 0 Å². The number of carbonyl (C=O) groups excluding carboxylic acids is 1. The van der Waals surface area contributed by atoms with Crippen molar-refractivity contribution in [1.29, 1.82) is 0 Å². The van der Waals surface area contributed by atoms with Crippen LogP contribution in [0.25, 0.3) is 0 Å². The minimum absolute atomic E-state index is 0.181. The van der Waals surface area contributed by atoms with E-state index in [2.05, 4.69) is 0 Å². The molecule has 0 unspecified atom stereocenters. The third-order valence-electron chi connectivity index (χ3n) is 2.02. The largest absolute Gasteiger partial charge is 0.463 e. The average Bonchev–Trinajstić information content (AvgIpc) is 2.10. The molecule has 74 valence electrons. The summed E-state index contributed by atoms with van der Waals surface area (Å²) in [5, 5.41) is 18.4. The molecule has 0 radical (unpaired) electrons. The van der Waals surface area contributed by atoms with Crippen LogP contribution in [0.2, 0.25) is 0 Å².